The highest BCUT2D eigenvalue weighted by molar-refractivity contribution is 5.74. The SMILES string of the molecule is CC(C(=O)OC(C)(C)C)n1ccnc1. The van der Waals surface area contributed by atoms with Crippen LogP contribution in [-0.4, -0.2) is 21.1 Å². The van der Waals surface area contributed by atoms with Gasteiger partial charge < -0.3 is 9.30 Å². The molecule has 1 rings (SSSR count). The number of esters is 1. The summed E-state index contributed by atoms with van der Waals surface area (Å²) in [6.45, 7) is 7.35. The fourth-order valence-corrected chi connectivity index (χ4v) is 1.01. The van der Waals surface area contributed by atoms with Gasteiger partial charge in [-0.05, 0) is 27.7 Å². The summed E-state index contributed by atoms with van der Waals surface area (Å²) in [5.41, 5.74) is -0.439. The van der Waals surface area contributed by atoms with Crippen molar-refractivity contribution in [1.82, 2.24) is 9.55 Å². The highest BCUT2D eigenvalue weighted by atomic mass is 16.6. The molecule has 0 aliphatic rings. The number of aromatic nitrogens is 2. The molecule has 0 fully saturated rings. The van der Waals surface area contributed by atoms with Crippen LogP contribution in [0, 0.1) is 0 Å². The van der Waals surface area contributed by atoms with Gasteiger partial charge in [-0.25, -0.2) is 9.78 Å². The average molecular weight is 196 g/mol. The first-order chi connectivity index (χ1) is 6.40. The summed E-state index contributed by atoms with van der Waals surface area (Å²) >= 11 is 0. The Morgan fingerprint density at radius 2 is 2.14 bits per heavy atom. The van der Waals surface area contributed by atoms with E-state index in [4.69, 9.17) is 4.74 Å². The molecule has 0 aliphatic carbocycles. The number of carbonyl (C=O) groups excluding carboxylic acids is 1. The zero-order chi connectivity index (χ0) is 10.8. The Balaban J connectivity index is 2.63. The number of ether oxygens (including phenoxy) is 1. The Hall–Kier alpha value is -1.32. The Labute approximate surface area is 83.9 Å². The molecule has 4 nitrogen and oxygen atoms in total. The molecule has 78 valence electrons. The van der Waals surface area contributed by atoms with Gasteiger partial charge in [-0.1, -0.05) is 0 Å². The van der Waals surface area contributed by atoms with Crippen molar-refractivity contribution in [3.05, 3.63) is 18.7 Å². The third kappa shape index (κ3) is 2.87. The molecular formula is C10H16N2O2. The first-order valence-electron chi connectivity index (χ1n) is 4.60. The second-order valence-corrected chi connectivity index (χ2v) is 4.22. The minimum absolute atomic E-state index is 0.240. The first-order valence-corrected chi connectivity index (χ1v) is 4.60. The number of nitrogens with zero attached hydrogens (tertiary/aromatic N) is 2. The molecule has 0 aromatic carbocycles. The highest BCUT2D eigenvalue weighted by Gasteiger charge is 2.22. The summed E-state index contributed by atoms with van der Waals surface area (Å²) in [6.07, 6.45) is 4.99. The molecule has 1 unspecified atom stereocenters. The van der Waals surface area contributed by atoms with Crippen LogP contribution in [0.15, 0.2) is 18.7 Å². The van der Waals surface area contributed by atoms with Gasteiger partial charge >= 0.3 is 5.97 Å². The van der Waals surface area contributed by atoms with Crippen LogP contribution < -0.4 is 0 Å². The average Bonchev–Trinajstić information content (AvgIpc) is 2.51. The molecule has 0 saturated heterocycles. The van der Waals surface area contributed by atoms with Gasteiger partial charge in [0.05, 0.1) is 6.33 Å². The highest BCUT2D eigenvalue weighted by Crippen LogP contribution is 2.14. The number of hydrogen-bond donors (Lipinski definition) is 0. The van der Waals surface area contributed by atoms with Crippen molar-refractivity contribution in [2.75, 3.05) is 0 Å². The zero-order valence-electron chi connectivity index (χ0n) is 9.02. The van der Waals surface area contributed by atoms with Gasteiger partial charge in [-0.3, -0.25) is 0 Å². The minimum atomic E-state index is -0.439. The molecule has 1 aromatic heterocycles. The van der Waals surface area contributed by atoms with Crippen molar-refractivity contribution >= 4 is 5.97 Å². The summed E-state index contributed by atoms with van der Waals surface area (Å²) in [5, 5.41) is 0. The summed E-state index contributed by atoms with van der Waals surface area (Å²) in [7, 11) is 0. The second kappa shape index (κ2) is 3.82. The van der Waals surface area contributed by atoms with Crippen molar-refractivity contribution in [3.8, 4) is 0 Å². The van der Waals surface area contributed by atoms with Crippen LogP contribution in [0.5, 0.6) is 0 Å². The lowest BCUT2D eigenvalue weighted by atomic mass is 10.2. The molecule has 1 heterocycles. The number of rotatable bonds is 2. The predicted molar refractivity (Wildman–Crippen MR) is 52.8 cm³/mol. The largest absolute Gasteiger partial charge is 0.458 e. The molecule has 4 heteroatoms. The number of imidazole rings is 1. The molecule has 0 bridgehead atoms. The summed E-state index contributed by atoms with van der Waals surface area (Å²) in [4.78, 5) is 15.5. The van der Waals surface area contributed by atoms with Crippen LogP contribution in [0.3, 0.4) is 0 Å². The topological polar surface area (TPSA) is 44.1 Å². The lowest BCUT2D eigenvalue weighted by Gasteiger charge is -2.22. The van der Waals surface area contributed by atoms with E-state index >= 15 is 0 Å². The lowest BCUT2D eigenvalue weighted by Crippen LogP contribution is -2.28. The molecule has 0 saturated carbocycles. The fourth-order valence-electron chi connectivity index (χ4n) is 1.01. The molecule has 1 aromatic rings. The van der Waals surface area contributed by atoms with Crippen LogP contribution >= 0.6 is 0 Å². The van der Waals surface area contributed by atoms with E-state index in [1.807, 2.05) is 20.8 Å². The fraction of sp³-hybridized carbons (Fsp3) is 0.600. The van der Waals surface area contributed by atoms with Crippen molar-refractivity contribution in [2.24, 2.45) is 0 Å². The van der Waals surface area contributed by atoms with Crippen molar-refractivity contribution in [3.63, 3.8) is 0 Å². The van der Waals surface area contributed by atoms with Gasteiger partial charge in [0.2, 0.25) is 0 Å². The molecule has 0 amide bonds. The Bertz CT molecular complexity index is 298. The maximum Gasteiger partial charge on any atom is 0.329 e. The standard InChI is InChI=1S/C10H16N2O2/c1-8(12-6-5-11-7-12)9(13)14-10(2,3)4/h5-8H,1-4H3. The van der Waals surface area contributed by atoms with Crippen LogP contribution in [0.2, 0.25) is 0 Å². The van der Waals surface area contributed by atoms with Gasteiger partial charge in [0, 0.05) is 12.4 Å². The predicted octanol–water partition coefficient (Wildman–Crippen LogP) is 1.79. The van der Waals surface area contributed by atoms with Crippen LogP contribution in [-0.2, 0) is 9.53 Å². The van der Waals surface area contributed by atoms with Crippen molar-refractivity contribution in [1.29, 1.82) is 0 Å². The van der Waals surface area contributed by atoms with E-state index in [1.54, 1.807) is 30.2 Å². The molecule has 0 N–H and O–H groups in total. The normalized spacial score (nSPS) is 13.7. The van der Waals surface area contributed by atoms with Crippen LogP contribution in [0.1, 0.15) is 33.7 Å². The molecular weight excluding hydrogens is 180 g/mol. The number of hydrogen-bond acceptors (Lipinski definition) is 3. The van der Waals surface area contributed by atoms with Gasteiger partial charge in [0.1, 0.15) is 11.6 Å². The van der Waals surface area contributed by atoms with Gasteiger partial charge in [-0.15, -0.1) is 0 Å². The third-order valence-corrected chi connectivity index (χ3v) is 1.72. The Morgan fingerprint density at radius 3 is 2.57 bits per heavy atom. The zero-order valence-corrected chi connectivity index (χ0v) is 9.02. The molecule has 0 aliphatic heterocycles. The smallest absolute Gasteiger partial charge is 0.329 e. The lowest BCUT2D eigenvalue weighted by molar-refractivity contribution is -0.158. The maximum atomic E-state index is 11.6. The van der Waals surface area contributed by atoms with Gasteiger partial charge in [0.15, 0.2) is 0 Å². The van der Waals surface area contributed by atoms with Gasteiger partial charge in [0.25, 0.3) is 0 Å². The second-order valence-electron chi connectivity index (χ2n) is 4.22. The Morgan fingerprint density at radius 1 is 1.50 bits per heavy atom. The quantitative estimate of drug-likeness (QED) is 0.677. The van der Waals surface area contributed by atoms with Crippen LogP contribution in [0.25, 0.3) is 0 Å². The van der Waals surface area contributed by atoms with E-state index in [-0.39, 0.29) is 12.0 Å². The van der Waals surface area contributed by atoms with E-state index < -0.39 is 5.60 Å². The first kappa shape index (κ1) is 10.8. The minimum Gasteiger partial charge on any atom is -0.458 e. The Kier molecular flexibility index (Phi) is 2.93. The molecule has 1 atom stereocenters. The van der Waals surface area contributed by atoms with E-state index in [2.05, 4.69) is 4.98 Å². The van der Waals surface area contributed by atoms with E-state index in [1.165, 1.54) is 0 Å². The molecule has 14 heavy (non-hydrogen) atoms. The number of carbonyl (C=O) groups is 1. The maximum absolute atomic E-state index is 11.6. The third-order valence-electron chi connectivity index (χ3n) is 1.72. The van der Waals surface area contributed by atoms with E-state index in [9.17, 15) is 4.79 Å². The van der Waals surface area contributed by atoms with Crippen molar-refractivity contribution < 1.29 is 9.53 Å². The molecule has 0 radical (unpaired) electrons. The van der Waals surface area contributed by atoms with E-state index in [0.29, 0.717) is 0 Å². The monoisotopic (exact) mass is 196 g/mol. The van der Waals surface area contributed by atoms with Crippen molar-refractivity contribution in [2.45, 2.75) is 39.3 Å². The molecule has 0 spiro atoms. The summed E-state index contributed by atoms with van der Waals surface area (Å²) in [5.74, 6) is -0.240. The summed E-state index contributed by atoms with van der Waals surface area (Å²) < 4.78 is 6.95. The summed E-state index contributed by atoms with van der Waals surface area (Å²) in [6, 6.07) is -0.322. The van der Waals surface area contributed by atoms with Crippen LogP contribution in [0.4, 0.5) is 0 Å². The van der Waals surface area contributed by atoms with E-state index in [0.717, 1.165) is 0 Å². The van der Waals surface area contributed by atoms with Gasteiger partial charge in [-0.2, -0.15) is 0 Å².